The molecule has 0 bridgehead atoms. The molecule has 0 unspecified atom stereocenters. The predicted octanol–water partition coefficient (Wildman–Crippen LogP) is 4.98. The fourth-order valence-corrected chi connectivity index (χ4v) is 4.14. The van der Waals surface area contributed by atoms with Crippen molar-refractivity contribution in [1.82, 2.24) is 15.3 Å². The largest absolute Gasteiger partial charge is 0.449 e. The maximum atomic E-state index is 12.6. The molecule has 1 aliphatic carbocycles. The summed E-state index contributed by atoms with van der Waals surface area (Å²) < 4.78 is 12.1. The molecule has 3 aromatic rings. The fraction of sp³-hybridized carbons (Fsp3) is 0.476. The highest BCUT2D eigenvalue weighted by Crippen LogP contribution is 2.34. The summed E-state index contributed by atoms with van der Waals surface area (Å²) in [6.45, 7) is 5.75. The molecule has 1 aliphatic rings. The first kappa shape index (κ1) is 19.9. The number of aromatic amines is 1. The minimum absolute atomic E-state index is 0.116. The molecule has 0 spiro atoms. The van der Waals surface area contributed by atoms with Crippen LogP contribution < -0.4 is 10.9 Å². The van der Waals surface area contributed by atoms with Crippen molar-refractivity contribution in [3.8, 4) is 0 Å². The number of fused-ring (bicyclic) bond motifs is 3. The number of carbonyl (C=O) groups excluding carboxylic acids is 1. The topological polar surface area (TPSA) is 97.2 Å². The molecule has 8 heteroatoms. The number of H-pyrrole nitrogens is 1. The summed E-state index contributed by atoms with van der Waals surface area (Å²) in [4.78, 5) is 32.2. The van der Waals surface area contributed by atoms with Crippen LogP contribution in [0.25, 0.3) is 22.1 Å². The Bertz CT molecular complexity index is 1120. The fourth-order valence-electron chi connectivity index (χ4n) is 3.78. The van der Waals surface area contributed by atoms with Crippen molar-refractivity contribution in [3.63, 3.8) is 0 Å². The van der Waals surface area contributed by atoms with Crippen LogP contribution in [0.3, 0.4) is 0 Å². The second-order valence-electron chi connectivity index (χ2n) is 8.63. The molecule has 0 atom stereocenters. The quantitative estimate of drug-likeness (QED) is 0.560. The van der Waals surface area contributed by atoms with Gasteiger partial charge < -0.3 is 19.5 Å². The Hall–Kier alpha value is -2.35. The maximum Gasteiger partial charge on any atom is 0.407 e. The number of halogens is 1. The van der Waals surface area contributed by atoms with Crippen molar-refractivity contribution in [1.29, 1.82) is 0 Å². The third-order valence-corrected chi connectivity index (χ3v) is 5.61. The van der Waals surface area contributed by atoms with Crippen LogP contribution in [0.15, 0.2) is 31.9 Å². The molecular weight excluding hydrogens is 438 g/mol. The zero-order chi connectivity index (χ0) is 20.8. The number of nitrogens with zero attached hydrogens (tertiary/aromatic N) is 1. The average molecular weight is 462 g/mol. The van der Waals surface area contributed by atoms with Crippen molar-refractivity contribution in [2.24, 2.45) is 0 Å². The molecule has 0 saturated heterocycles. The second-order valence-corrected chi connectivity index (χ2v) is 9.54. The van der Waals surface area contributed by atoms with Crippen LogP contribution >= 0.6 is 15.9 Å². The van der Waals surface area contributed by atoms with E-state index >= 15 is 0 Å². The first-order valence-corrected chi connectivity index (χ1v) is 10.6. The van der Waals surface area contributed by atoms with E-state index in [4.69, 9.17) is 14.1 Å². The second kappa shape index (κ2) is 7.48. The number of amides is 1. The van der Waals surface area contributed by atoms with Crippen molar-refractivity contribution >= 4 is 44.1 Å². The van der Waals surface area contributed by atoms with Crippen molar-refractivity contribution in [2.45, 2.75) is 64.0 Å². The summed E-state index contributed by atoms with van der Waals surface area (Å²) in [5.74, 6) is 0.789. The zero-order valence-electron chi connectivity index (χ0n) is 16.7. The lowest BCUT2D eigenvalue weighted by atomic mass is 9.87. The normalized spacial score (nSPS) is 20.1. The van der Waals surface area contributed by atoms with Gasteiger partial charge in [0.25, 0.3) is 5.56 Å². The number of hydrogen-bond donors (Lipinski definition) is 2. The van der Waals surface area contributed by atoms with Crippen LogP contribution in [0.4, 0.5) is 4.79 Å². The minimum atomic E-state index is -0.385. The molecule has 7 nitrogen and oxygen atoms in total. The van der Waals surface area contributed by atoms with Gasteiger partial charge in [-0.15, -0.1) is 0 Å². The van der Waals surface area contributed by atoms with Crippen molar-refractivity contribution in [2.75, 3.05) is 0 Å². The Kier molecular flexibility index (Phi) is 5.14. The number of alkyl carbamates (subject to hydrolysis) is 1. The van der Waals surface area contributed by atoms with Gasteiger partial charge >= 0.3 is 6.09 Å². The van der Waals surface area contributed by atoms with Gasteiger partial charge in [-0.3, -0.25) is 4.79 Å². The van der Waals surface area contributed by atoms with Gasteiger partial charge in [-0.1, -0.05) is 15.9 Å². The minimum Gasteiger partial charge on any atom is -0.449 e. The standard InChI is InChI=1S/C21H24BrN3O4/c1-21(2,3)25-20(27)28-13-7-4-11(5-8-13)18-23-16-14-10-12(22)6-9-15(14)29-17(16)19(26)24-18/h6,9-11,13H,4-5,7-8H2,1-3H3,(H,25,27)(H,23,24,26). The van der Waals surface area contributed by atoms with Gasteiger partial charge in [-0.05, 0) is 64.7 Å². The molecule has 2 N–H and O–H groups in total. The number of ether oxygens (including phenoxy) is 1. The summed E-state index contributed by atoms with van der Waals surface area (Å²) in [5.41, 5.74) is 0.886. The van der Waals surface area contributed by atoms with Gasteiger partial charge in [0.1, 0.15) is 23.0 Å². The average Bonchev–Trinajstić information content (AvgIpc) is 2.99. The van der Waals surface area contributed by atoms with Gasteiger partial charge in [0.2, 0.25) is 5.58 Å². The van der Waals surface area contributed by atoms with E-state index in [-0.39, 0.29) is 34.8 Å². The number of hydrogen-bond acceptors (Lipinski definition) is 5. The number of carbonyl (C=O) groups is 1. The van der Waals surface area contributed by atoms with E-state index in [0.29, 0.717) is 16.9 Å². The third-order valence-electron chi connectivity index (χ3n) is 5.12. The Balaban J connectivity index is 1.51. The van der Waals surface area contributed by atoms with Gasteiger partial charge in [0.15, 0.2) is 0 Å². The van der Waals surface area contributed by atoms with Gasteiger partial charge in [-0.25, -0.2) is 9.78 Å². The number of rotatable bonds is 2. The van der Waals surface area contributed by atoms with E-state index in [1.54, 1.807) is 0 Å². The summed E-state index contributed by atoms with van der Waals surface area (Å²) in [5, 5.41) is 3.64. The highest BCUT2D eigenvalue weighted by Gasteiger charge is 2.28. The van der Waals surface area contributed by atoms with E-state index in [1.807, 2.05) is 39.0 Å². The molecule has 2 heterocycles. The molecule has 1 saturated carbocycles. The van der Waals surface area contributed by atoms with Crippen molar-refractivity contribution < 1.29 is 13.9 Å². The SMILES string of the molecule is CC(C)(C)NC(=O)OC1CCC(c2nc3c(oc4ccc(Br)cc43)c(=O)[nH]2)CC1. The highest BCUT2D eigenvalue weighted by molar-refractivity contribution is 9.10. The monoisotopic (exact) mass is 461 g/mol. The lowest BCUT2D eigenvalue weighted by Crippen LogP contribution is -2.42. The van der Waals surface area contributed by atoms with E-state index < -0.39 is 0 Å². The summed E-state index contributed by atoms with van der Waals surface area (Å²) in [7, 11) is 0. The van der Waals surface area contributed by atoms with E-state index in [1.165, 1.54) is 0 Å². The number of nitrogens with one attached hydrogen (secondary N) is 2. The van der Waals surface area contributed by atoms with Crippen LogP contribution in [-0.4, -0.2) is 27.7 Å². The first-order chi connectivity index (χ1) is 13.7. The van der Waals surface area contributed by atoms with Gasteiger partial charge in [0.05, 0.1) is 0 Å². The molecule has 4 rings (SSSR count). The summed E-state index contributed by atoms with van der Waals surface area (Å²) >= 11 is 3.46. The molecule has 1 amide bonds. The Morgan fingerprint density at radius 2 is 2.00 bits per heavy atom. The molecule has 29 heavy (non-hydrogen) atoms. The Labute approximate surface area is 176 Å². The van der Waals surface area contributed by atoms with E-state index in [0.717, 1.165) is 35.5 Å². The lowest BCUT2D eigenvalue weighted by Gasteiger charge is -2.29. The third kappa shape index (κ3) is 4.32. The number of furan rings is 1. The molecule has 0 radical (unpaired) electrons. The van der Waals surface area contributed by atoms with Gasteiger partial charge in [0, 0.05) is 21.3 Å². The molecule has 154 valence electrons. The van der Waals surface area contributed by atoms with E-state index in [9.17, 15) is 9.59 Å². The molecule has 0 aliphatic heterocycles. The Morgan fingerprint density at radius 3 is 2.69 bits per heavy atom. The van der Waals surface area contributed by atoms with E-state index in [2.05, 4.69) is 26.2 Å². The maximum absolute atomic E-state index is 12.6. The van der Waals surface area contributed by atoms with Crippen LogP contribution in [0.1, 0.15) is 58.2 Å². The molecule has 1 aromatic carbocycles. The van der Waals surface area contributed by atoms with Crippen LogP contribution in [0, 0.1) is 0 Å². The molecular formula is C21H24BrN3O4. The van der Waals surface area contributed by atoms with Crippen LogP contribution in [0.2, 0.25) is 0 Å². The first-order valence-electron chi connectivity index (χ1n) is 9.80. The Morgan fingerprint density at radius 1 is 1.28 bits per heavy atom. The van der Waals surface area contributed by atoms with Crippen molar-refractivity contribution in [3.05, 3.63) is 38.9 Å². The lowest BCUT2D eigenvalue weighted by molar-refractivity contribution is 0.0660. The number of aromatic nitrogens is 2. The molecule has 1 fully saturated rings. The van der Waals surface area contributed by atoms with Crippen LogP contribution in [0.5, 0.6) is 0 Å². The summed E-state index contributed by atoms with van der Waals surface area (Å²) in [6.07, 6.45) is 2.56. The van der Waals surface area contributed by atoms with Gasteiger partial charge in [-0.2, -0.15) is 0 Å². The zero-order valence-corrected chi connectivity index (χ0v) is 18.3. The number of benzene rings is 1. The predicted molar refractivity (Wildman–Crippen MR) is 114 cm³/mol. The summed E-state index contributed by atoms with van der Waals surface area (Å²) in [6, 6.07) is 5.61. The molecule has 2 aromatic heterocycles. The smallest absolute Gasteiger partial charge is 0.407 e. The van der Waals surface area contributed by atoms with Crippen LogP contribution in [-0.2, 0) is 4.74 Å². The highest BCUT2D eigenvalue weighted by atomic mass is 79.9.